The lowest BCUT2D eigenvalue weighted by atomic mass is 9.79. The fraction of sp³-hybridized carbons (Fsp3) is 0. The Balaban J connectivity index is 0.786. The summed E-state index contributed by atoms with van der Waals surface area (Å²) in [5.41, 5.74) is 20.8. The predicted octanol–water partition coefficient (Wildman–Crippen LogP) is 23.1. The molecular weight excluding hydrogens is 1010 g/mol. The van der Waals surface area contributed by atoms with Crippen molar-refractivity contribution in [3.63, 3.8) is 0 Å². The van der Waals surface area contributed by atoms with Crippen molar-refractivity contribution in [1.82, 2.24) is 0 Å². The van der Waals surface area contributed by atoms with E-state index in [1.54, 1.807) is 0 Å². The lowest BCUT2D eigenvalue weighted by molar-refractivity contribution is 1.30. The van der Waals surface area contributed by atoms with Crippen molar-refractivity contribution >= 4 is 90.7 Å². The van der Waals surface area contributed by atoms with E-state index >= 15 is 0 Å². The number of benzene rings is 14. The molecule has 0 saturated heterocycles. The van der Waals surface area contributed by atoms with Crippen LogP contribution in [0.4, 0.5) is 34.1 Å². The highest BCUT2D eigenvalue weighted by molar-refractivity contribution is 6.18. The van der Waals surface area contributed by atoms with Crippen LogP contribution in [0.5, 0.6) is 0 Å². The third-order valence-electron chi connectivity index (χ3n) is 16.0. The molecular formula is C82H58N2. The molecule has 14 aromatic carbocycles. The van der Waals surface area contributed by atoms with Gasteiger partial charge in [0, 0.05) is 33.5 Å². The van der Waals surface area contributed by atoms with Gasteiger partial charge in [-0.05, 0) is 149 Å². The average molecular weight is 1070 g/mol. The average Bonchev–Trinajstić information content (AvgIpc) is 1.73. The second-order valence-corrected chi connectivity index (χ2v) is 21.2. The van der Waals surface area contributed by atoms with Gasteiger partial charge < -0.3 is 9.80 Å². The molecule has 14 aromatic rings. The zero-order valence-electron chi connectivity index (χ0n) is 46.4. The summed E-state index contributed by atoms with van der Waals surface area (Å²) in [7, 11) is 0. The molecule has 0 heterocycles. The van der Waals surface area contributed by atoms with Crippen LogP contribution >= 0.6 is 0 Å². The second kappa shape index (κ2) is 23.2. The fourth-order valence-corrected chi connectivity index (χ4v) is 12.0. The number of anilines is 6. The van der Waals surface area contributed by atoms with E-state index in [0.29, 0.717) is 0 Å². The summed E-state index contributed by atoms with van der Waals surface area (Å²) in [5, 5.41) is 7.28. The standard InChI is InChI=1S/C82H58N2/c1-5-23-65(24-6-1)81-79(67-51-43-59(44-52-67)39-41-61-47-55-71(56-48-61)83(69-29-9-3-10-30-69)77-37-19-27-63-21-13-15-33-73(63)77)75-35-17-18-36-76(75)80(82(81)66-25-7-2-8-26-66)68-53-45-60(46-54-68)40-42-62-49-57-72(58-50-62)84(70-31-11-4-12-32-70)78-38-20-28-64-22-14-16-34-74(64)78/h1-58H/b41-39+,42-40+. The molecule has 0 aliphatic carbocycles. The highest BCUT2D eigenvalue weighted by atomic mass is 15.1. The van der Waals surface area contributed by atoms with E-state index in [4.69, 9.17) is 0 Å². The minimum Gasteiger partial charge on any atom is -0.310 e. The Bertz CT molecular complexity index is 4330. The Morgan fingerprint density at radius 1 is 0.179 bits per heavy atom. The lowest BCUT2D eigenvalue weighted by Gasteiger charge is -2.27. The summed E-state index contributed by atoms with van der Waals surface area (Å²) in [6.45, 7) is 0. The number of para-hydroxylation sites is 2. The topological polar surface area (TPSA) is 6.48 Å². The van der Waals surface area contributed by atoms with Gasteiger partial charge in [-0.3, -0.25) is 0 Å². The molecule has 0 radical (unpaired) electrons. The molecule has 0 amide bonds. The van der Waals surface area contributed by atoms with Crippen LogP contribution < -0.4 is 9.80 Å². The first-order valence-electron chi connectivity index (χ1n) is 28.8. The number of fused-ring (bicyclic) bond motifs is 3. The molecule has 84 heavy (non-hydrogen) atoms. The van der Waals surface area contributed by atoms with Crippen molar-refractivity contribution in [2.75, 3.05) is 9.80 Å². The zero-order chi connectivity index (χ0) is 56.0. The van der Waals surface area contributed by atoms with Crippen LogP contribution in [0, 0.1) is 0 Å². The summed E-state index contributed by atoms with van der Waals surface area (Å²) in [6, 6.07) is 118. The summed E-state index contributed by atoms with van der Waals surface area (Å²) in [5.74, 6) is 0. The van der Waals surface area contributed by atoms with Crippen molar-refractivity contribution in [2.24, 2.45) is 0 Å². The van der Waals surface area contributed by atoms with Crippen molar-refractivity contribution in [2.45, 2.75) is 0 Å². The Morgan fingerprint density at radius 3 is 0.798 bits per heavy atom. The van der Waals surface area contributed by atoms with Gasteiger partial charge in [0.05, 0.1) is 11.4 Å². The van der Waals surface area contributed by atoms with E-state index in [0.717, 1.165) is 56.4 Å². The molecule has 0 fully saturated rings. The molecule has 2 nitrogen and oxygen atoms in total. The van der Waals surface area contributed by atoms with Gasteiger partial charge in [0.1, 0.15) is 0 Å². The Labute approximate surface area is 492 Å². The maximum absolute atomic E-state index is 2.35. The Kier molecular flexibility index (Phi) is 14.1. The quantitative estimate of drug-likeness (QED) is 0.100. The molecule has 0 bridgehead atoms. The van der Waals surface area contributed by atoms with Crippen LogP contribution in [0.2, 0.25) is 0 Å². The van der Waals surface area contributed by atoms with Gasteiger partial charge >= 0.3 is 0 Å². The van der Waals surface area contributed by atoms with Crippen LogP contribution in [0.25, 0.3) is 101 Å². The molecule has 0 N–H and O–H groups in total. The molecule has 0 atom stereocenters. The van der Waals surface area contributed by atoms with Crippen molar-refractivity contribution in [3.05, 3.63) is 350 Å². The first kappa shape index (κ1) is 51.1. The van der Waals surface area contributed by atoms with Gasteiger partial charge in [-0.2, -0.15) is 0 Å². The summed E-state index contributed by atoms with van der Waals surface area (Å²) in [6.07, 6.45) is 8.86. The lowest BCUT2D eigenvalue weighted by Crippen LogP contribution is -2.10. The third-order valence-corrected chi connectivity index (χ3v) is 16.0. The van der Waals surface area contributed by atoms with Gasteiger partial charge in [-0.1, -0.05) is 291 Å². The molecule has 396 valence electrons. The van der Waals surface area contributed by atoms with Gasteiger partial charge in [-0.25, -0.2) is 0 Å². The van der Waals surface area contributed by atoms with Crippen molar-refractivity contribution < 1.29 is 0 Å². The summed E-state index contributed by atoms with van der Waals surface area (Å²) < 4.78 is 0. The molecule has 0 spiro atoms. The number of rotatable bonds is 14. The summed E-state index contributed by atoms with van der Waals surface area (Å²) >= 11 is 0. The highest BCUT2D eigenvalue weighted by Gasteiger charge is 2.24. The predicted molar refractivity (Wildman–Crippen MR) is 361 cm³/mol. The zero-order valence-corrected chi connectivity index (χ0v) is 46.4. The molecule has 0 unspecified atom stereocenters. The monoisotopic (exact) mass is 1070 g/mol. The van der Waals surface area contributed by atoms with E-state index < -0.39 is 0 Å². The second-order valence-electron chi connectivity index (χ2n) is 21.2. The van der Waals surface area contributed by atoms with Gasteiger partial charge in [0.25, 0.3) is 0 Å². The van der Waals surface area contributed by atoms with Gasteiger partial charge in [0.2, 0.25) is 0 Å². The van der Waals surface area contributed by atoms with Crippen LogP contribution in [0.3, 0.4) is 0 Å². The van der Waals surface area contributed by atoms with Crippen molar-refractivity contribution in [3.8, 4) is 44.5 Å². The Morgan fingerprint density at radius 2 is 0.440 bits per heavy atom. The van der Waals surface area contributed by atoms with Gasteiger partial charge in [0.15, 0.2) is 0 Å². The number of hydrogen-bond acceptors (Lipinski definition) is 2. The molecule has 14 rings (SSSR count). The number of nitrogens with zero attached hydrogens (tertiary/aromatic N) is 2. The third kappa shape index (κ3) is 10.3. The molecule has 0 aliphatic heterocycles. The maximum Gasteiger partial charge on any atom is 0.0540 e. The van der Waals surface area contributed by atoms with Crippen LogP contribution in [0.15, 0.2) is 328 Å². The van der Waals surface area contributed by atoms with Gasteiger partial charge in [-0.15, -0.1) is 0 Å². The highest BCUT2D eigenvalue weighted by Crippen LogP contribution is 2.51. The molecule has 0 aliphatic rings. The van der Waals surface area contributed by atoms with Crippen LogP contribution in [-0.4, -0.2) is 0 Å². The van der Waals surface area contributed by atoms with Crippen LogP contribution in [-0.2, 0) is 0 Å². The number of hydrogen-bond donors (Lipinski definition) is 0. The first-order chi connectivity index (χ1) is 41.7. The maximum atomic E-state index is 2.35. The Hall–Kier alpha value is -11.1. The largest absolute Gasteiger partial charge is 0.310 e. The smallest absolute Gasteiger partial charge is 0.0540 e. The summed E-state index contributed by atoms with van der Waals surface area (Å²) in [4.78, 5) is 4.70. The van der Waals surface area contributed by atoms with Crippen LogP contribution in [0.1, 0.15) is 22.3 Å². The van der Waals surface area contributed by atoms with E-state index in [2.05, 4.69) is 362 Å². The van der Waals surface area contributed by atoms with Crippen molar-refractivity contribution in [1.29, 1.82) is 0 Å². The van der Waals surface area contributed by atoms with E-state index in [-0.39, 0.29) is 0 Å². The normalized spacial score (nSPS) is 11.5. The van der Waals surface area contributed by atoms with E-state index in [9.17, 15) is 0 Å². The molecule has 2 heteroatoms. The first-order valence-corrected chi connectivity index (χ1v) is 28.8. The SMILES string of the molecule is C(=C\c1ccc(N(c2ccccc2)c2cccc3ccccc23)cc1)/c1ccc(-c2c(-c3ccccc3)c(-c3ccccc3)c(-c3ccc(/C=C/c4ccc(N(c5ccccc5)c5cccc6ccccc56)cc4)cc3)c3ccccc23)cc1. The van der Waals surface area contributed by atoms with E-state index in [1.807, 2.05) is 0 Å². The minimum absolute atomic E-state index is 1.11. The van der Waals surface area contributed by atoms with E-state index in [1.165, 1.54) is 76.8 Å². The molecule has 0 aromatic heterocycles. The minimum atomic E-state index is 1.11. The molecule has 0 saturated carbocycles. The fourth-order valence-electron chi connectivity index (χ4n) is 12.0.